The highest BCUT2D eigenvalue weighted by molar-refractivity contribution is 5.75. The number of rotatable bonds is 1. The van der Waals surface area contributed by atoms with Crippen molar-refractivity contribution in [2.45, 2.75) is 6.92 Å². The molecule has 1 aromatic carbocycles. The first kappa shape index (κ1) is 9.71. The van der Waals surface area contributed by atoms with Gasteiger partial charge in [-0.1, -0.05) is 6.07 Å². The van der Waals surface area contributed by atoms with Crippen molar-refractivity contribution in [3.05, 3.63) is 35.8 Å². The molecule has 2 N–H and O–H groups in total. The molecule has 0 atom stereocenters. The molecular weight excluding hydrogens is 193 g/mol. The Labute approximate surface area is 87.3 Å². The Morgan fingerprint density at radius 3 is 2.60 bits per heavy atom. The lowest BCUT2D eigenvalue weighted by atomic mass is 10.0. The normalized spacial score (nSPS) is 10.6. The van der Waals surface area contributed by atoms with Crippen LogP contribution in [-0.4, -0.2) is 9.78 Å². The van der Waals surface area contributed by atoms with Crippen LogP contribution in [0, 0.1) is 12.7 Å². The Morgan fingerprint density at radius 1 is 1.33 bits per heavy atom. The molecule has 2 rings (SSSR count). The Balaban J connectivity index is 2.59. The lowest BCUT2D eigenvalue weighted by molar-refractivity contribution is 0.627. The summed E-state index contributed by atoms with van der Waals surface area (Å²) in [4.78, 5) is 0. The van der Waals surface area contributed by atoms with Crippen LogP contribution in [0.3, 0.4) is 0 Å². The maximum atomic E-state index is 12.9. The van der Waals surface area contributed by atoms with Crippen LogP contribution < -0.4 is 5.73 Å². The summed E-state index contributed by atoms with van der Waals surface area (Å²) >= 11 is 0. The van der Waals surface area contributed by atoms with Gasteiger partial charge in [-0.3, -0.25) is 4.68 Å². The molecule has 0 spiro atoms. The smallest absolute Gasteiger partial charge is 0.129 e. The van der Waals surface area contributed by atoms with E-state index >= 15 is 0 Å². The second-order valence-corrected chi connectivity index (χ2v) is 3.53. The third-order valence-electron chi connectivity index (χ3n) is 2.46. The standard InChI is InChI=1S/C11H12FN3/c1-7-5-8(12)3-4-9(7)10-6-14-15(2)11(10)13/h3-6H,13H2,1-2H3. The quantitative estimate of drug-likeness (QED) is 0.774. The van der Waals surface area contributed by atoms with Gasteiger partial charge in [-0.15, -0.1) is 0 Å². The van der Waals surface area contributed by atoms with E-state index in [0.717, 1.165) is 16.7 Å². The van der Waals surface area contributed by atoms with Gasteiger partial charge in [-0.25, -0.2) is 4.39 Å². The fourth-order valence-corrected chi connectivity index (χ4v) is 1.58. The van der Waals surface area contributed by atoms with Gasteiger partial charge >= 0.3 is 0 Å². The molecule has 0 fully saturated rings. The number of aryl methyl sites for hydroxylation is 2. The molecule has 0 saturated heterocycles. The molecule has 0 aliphatic rings. The monoisotopic (exact) mass is 205 g/mol. The number of nitrogens with zero attached hydrogens (tertiary/aromatic N) is 2. The van der Waals surface area contributed by atoms with E-state index in [1.807, 2.05) is 6.92 Å². The highest BCUT2D eigenvalue weighted by atomic mass is 19.1. The van der Waals surface area contributed by atoms with E-state index in [-0.39, 0.29) is 5.82 Å². The summed E-state index contributed by atoms with van der Waals surface area (Å²) in [5, 5.41) is 4.05. The maximum absolute atomic E-state index is 12.9. The van der Waals surface area contributed by atoms with Crippen LogP contribution >= 0.6 is 0 Å². The van der Waals surface area contributed by atoms with Gasteiger partial charge in [0.25, 0.3) is 0 Å². The predicted octanol–water partition coefficient (Wildman–Crippen LogP) is 2.12. The maximum Gasteiger partial charge on any atom is 0.129 e. The van der Waals surface area contributed by atoms with Crippen molar-refractivity contribution in [2.24, 2.45) is 7.05 Å². The summed E-state index contributed by atoms with van der Waals surface area (Å²) < 4.78 is 14.5. The van der Waals surface area contributed by atoms with Crippen LogP contribution in [0.4, 0.5) is 10.2 Å². The van der Waals surface area contributed by atoms with Gasteiger partial charge in [0, 0.05) is 12.6 Å². The summed E-state index contributed by atoms with van der Waals surface area (Å²) in [7, 11) is 1.78. The zero-order valence-corrected chi connectivity index (χ0v) is 8.66. The van der Waals surface area contributed by atoms with Gasteiger partial charge < -0.3 is 5.73 Å². The van der Waals surface area contributed by atoms with Gasteiger partial charge in [0.05, 0.1) is 6.20 Å². The molecule has 78 valence electrons. The van der Waals surface area contributed by atoms with E-state index in [1.54, 1.807) is 24.0 Å². The van der Waals surface area contributed by atoms with Crippen LogP contribution in [0.1, 0.15) is 5.56 Å². The zero-order chi connectivity index (χ0) is 11.0. The van der Waals surface area contributed by atoms with E-state index in [2.05, 4.69) is 5.10 Å². The minimum atomic E-state index is -0.237. The molecule has 0 saturated carbocycles. The number of nitrogen functional groups attached to an aromatic ring is 1. The average molecular weight is 205 g/mol. The van der Waals surface area contributed by atoms with Crippen LogP contribution in [0.15, 0.2) is 24.4 Å². The first-order valence-electron chi connectivity index (χ1n) is 4.63. The molecule has 0 aliphatic carbocycles. The minimum Gasteiger partial charge on any atom is -0.383 e. The number of halogens is 1. The number of hydrogen-bond acceptors (Lipinski definition) is 2. The molecule has 0 bridgehead atoms. The molecule has 0 amide bonds. The van der Waals surface area contributed by atoms with Gasteiger partial charge in [-0.2, -0.15) is 5.10 Å². The van der Waals surface area contributed by atoms with Gasteiger partial charge in [-0.05, 0) is 30.2 Å². The van der Waals surface area contributed by atoms with Crippen LogP contribution in [-0.2, 0) is 7.05 Å². The Bertz CT molecular complexity index is 503. The Kier molecular flexibility index (Phi) is 2.19. The third kappa shape index (κ3) is 1.58. The van der Waals surface area contributed by atoms with Crippen molar-refractivity contribution in [2.75, 3.05) is 5.73 Å². The molecule has 0 radical (unpaired) electrons. The second kappa shape index (κ2) is 3.38. The number of benzene rings is 1. The molecular formula is C11H12FN3. The highest BCUT2D eigenvalue weighted by Crippen LogP contribution is 2.28. The number of aromatic nitrogens is 2. The summed E-state index contributed by atoms with van der Waals surface area (Å²) in [5.41, 5.74) is 8.47. The summed E-state index contributed by atoms with van der Waals surface area (Å²) in [6.07, 6.45) is 1.69. The minimum absolute atomic E-state index is 0.237. The van der Waals surface area contributed by atoms with Crippen molar-refractivity contribution in [3.8, 4) is 11.1 Å². The van der Waals surface area contributed by atoms with Crippen LogP contribution in [0.25, 0.3) is 11.1 Å². The molecule has 2 aromatic rings. The topological polar surface area (TPSA) is 43.8 Å². The first-order valence-corrected chi connectivity index (χ1v) is 4.63. The SMILES string of the molecule is Cc1cc(F)ccc1-c1cnn(C)c1N. The molecule has 15 heavy (non-hydrogen) atoms. The lowest BCUT2D eigenvalue weighted by Gasteiger charge is -2.04. The van der Waals surface area contributed by atoms with E-state index in [0.29, 0.717) is 5.82 Å². The van der Waals surface area contributed by atoms with Crippen molar-refractivity contribution in [1.29, 1.82) is 0 Å². The molecule has 1 heterocycles. The predicted molar refractivity (Wildman–Crippen MR) is 57.8 cm³/mol. The highest BCUT2D eigenvalue weighted by Gasteiger charge is 2.09. The fourth-order valence-electron chi connectivity index (χ4n) is 1.58. The molecule has 0 unspecified atom stereocenters. The van der Waals surface area contributed by atoms with Gasteiger partial charge in [0.2, 0.25) is 0 Å². The molecule has 0 aliphatic heterocycles. The first-order chi connectivity index (χ1) is 7.09. The Morgan fingerprint density at radius 2 is 2.07 bits per heavy atom. The Hall–Kier alpha value is -1.84. The van der Waals surface area contributed by atoms with E-state index in [4.69, 9.17) is 5.73 Å². The number of hydrogen-bond donors (Lipinski definition) is 1. The lowest BCUT2D eigenvalue weighted by Crippen LogP contribution is -1.98. The summed E-state index contributed by atoms with van der Waals surface area (Å²) in [6, 6.07) is 4.63. The average Bonchev–Trinajstić information content (AvgIpc) is 2.49. The van der Waals surface area contributed by atoms with Crippen molar-refractivity contribution >= 4 is 5.82 Å². The van der Waals surface area contributed by atoms with E-state index in [9.17, 15) is 4.39 Å². The van der Waals surface area contributed by atoms with E-state index < -0.39 is 0 Å². The zero-order valence-electron chi connectivity index (χ0n) is 8.66. The summed E-state index contributed by atoms with van der Waals surface area (Å²) in [6.45, 7) is 1.85. The summed E-state index contributed by atoms with van der Waals surface area (Å²) in [5.74, 6) is 0.350. The van der Waals surface area contributed by atoms with E-state index in [1.165, 1.54) is 12.1 Å². The number of nitrogens with two attached hydrogens (primary N) is 1. The molecule has 3 nitrogen and oxygen atoms in total. The van der Waals surface area contributed by atoms with Crippen molar-refractivity contribution in [3.63, 3.8) is 0 Å². The van der Waals surface area contributed by atoms with Crippen LogP contribution in [0.5, 0.6) is 0 Å². The third-order valence-corrected chi connectivity index (χ3v) is 2.46. The number of anilines is 1. The molecule has 4 heteroatoms. The second-order valence-electron chi connectivity index (χ2n) is 3.53. The molecule has 1 aromatic heterocycles. The van der Waals surface area contributed by atoms with Gasteiger partial charge in [0.15, 0.2) is 0 Å². The van der Waals surface area contributed by atoms with Crippen molar-refractivity contribution in [1.82, 2.24) is 9.78 Å². The van der Waals surface area contributed by atoms with Crippen molar-refractivity contribution < 1.29 is 4.39 Å². The van der Waals surface area contributed by atoms with Gasteiger partial charge in [0.1, 0.15) is 11.6 Å². The largest absolute Gasteiger partial charge is 0.383 e. The fraction of sp³-hybridized carbons (Fsp3) is 0.182. The van der Waals surface area contributed by atoms with Crippen LogP contribution in [0.2, 0.25) is 0 Å².